The second-order valence-electron chi connectivity index (χ2n) is 6.53. The van der Waals surface area contributed by atoms with E-state index in [-0.39, 0.29) is 42.2 Å². The van der Waals surface area contributed by atoms with Crippen LogP contribution < -0.4 is 15.2 Å². The molecule has 0 radical (unpaired) electrons. The van der Waals surface area contributed by atoms with Crippen LogP contribution in [0, 0.1) is 5.92 Å². The van der Waals surface area contributed by atoms with E-state index >= 15 is 0 Å². The highest BCUT2D eigenvalue weighted by atomic mass is 35.5. The summed E-state index contributed by atoms with van der Waals surface area (Å²) in [6.07, 6.45) is 0.590. The quantitative estimate of drug-likeness (QED) is 0.770. The van der Waals surface area contributed by atoms with E-state index in [9.17, 15) is 13.2 Å². The molecule has 10 heteroatoms. The molecule has 1 atom stereocenters. The van der Waals surface area contributed by atoms with Crippen LogP contribution >= 0.6 is 12.4 Å². The maximum Gasteiger partial charge on any atom is 0.243 e. The van der Waals surface area contributed by atoms with E-state index in [0.29, 0.717) is 50.8 Å². The number of amides is 1. The summed E-state index contributed by atoms with van der Waals surface area (Å²) in [7, 11) is -3.66. The van der Waals surface area contributed by atoms with Crippen LogP contribution in [-0.2, 0) is 14.8 Å². The molecule has 8 nitrogen and oxygen atoms in total. The number of nitrogens with two attached hydrogens (primary N) is 1. The molecular formula is C17H26ClN3O5S. The number of rotatable bonds is 4. The molecule has 1 aromatic rings. The van der Waals surface area contributed by atoms with E-state index in [1.807, 2.05) is 0 Å². The molecule has 3 rings (SSSR count). The Bertz CT molecular complexity index is 774. The van der Waals surface area contributed by atoms with Crippen molar-refractivity contribution < 1.29 is 22.7 Å². The molecule has 2 heterocycles. The molecule has 0 aliphatic carbocycles. The van der Waals surface area contributed by atoms with Crippen LogP contribution in [0.15, 0.2) is 23.1 Å². The van der Waals surface area contributed by atoms with Crippen molar-refractivity contribution in [3.8, 4) is 11.5 Å². The van der Waals surface area contributed by atoms with Crippen molar-refractivity contribution in [2.45, 2.75) is 18.2 Å². The topological polar surface area (TPSA) is 102 Å². The zero-order valence-corrected chi connectivity index (χ0v) is 16.9. The third-order valence-corrected chi connectivity index (χ3v) is 6.59. The van der Waals surface area contributed by atoms with Crippen molar-refractivity contribution in [2.24, 2.45) is 11.7 Å². The molecule has 0 bridgehead atoms. The summed E-state index contributed by atoms with van der Waals surface area (Å²) < 4.78 is 38.4. The molecule has 0 saturated carbocycles. The molecule has 0 spiro atoms. The summed E-state index contributed by atoms with van der Waals surface area (Å²) in [5, 5.41) is 0. The second kappa shape index (κ2) is 9.09. The summed E-state index contributed by atoms with van der Waals surface area (Å²) in [4.78, 5) is 14.2. The molecule has 2 aliphatic rings. The van der Waals surface area contributed by atoms with Crippen LogP contribution in [0.4, 0.5) is 0 Å². The van der Waals surface area contributed by atoms with Gasteiger partial charge in [-0.3, -0.25) is 4.79 Å². The molecule has 1 saturated heterocycles. The van der Waals surface area contributed by atoms with Crippen LogP contribution in [0.25, 0.3) is 0 Å². The maximum atomic E-state index is 13.0. The fourth-order valence-corrected chi connectivity index (χ4v) is 4.59. The Morgan fingerprint density at radius 3 is 2.56 bits per heavy atom. The molecule has 0 aromatic heterocycles. The highest BCUT2D eigenvalue weighted by Crippen LogP contribution is 2.33. The number of carbonyl (C=O) groups excluding carboxylic acids is 1. The van der Waals surface area contributed by atoms with E-state index in [1.54, 1.807) is 17.9 Å². The SMILES string of the molecule is CC(CN)C(=O)N1CCCN(S(=O)(=O)c2ccc3c(c2)OCCO3)CC1.Cl. The predicted octanol–water partition coefficient (Wildman–Crippen LogP) is 0.697. The van der Waals surface area contributed by atoms with Gasteiger partial charge in [-0.1, -0.05) is 6.92 Å². The molecule has 1 amide bonds. The van der Waals surface area contributed by atoms with Gasteiger partial charge in [0.2, 0.25) is 15.9 Å². The van der Waals surface area contributed by atoms with Gasteiger partial charge in [0.25, 0.3) is 0 Å². The summed E-state index contributed by atoms with van der Waals surface area (Å²) in [6, 6.07) is 4.67. The second-order valence-corrected chi connectivity index (χ2v) is 8.46. The van der Waals surface area contributed by atoms with E-state index in [2.05, 4.69) is 0 Å². The van der Waals surface area contributed by atoms with Gasteiger partial charge in [0.05, 0.1) is 4.90 Å². The Labute approximate surface area is 166 Å². The van der Waals surface area contributed by atoms with E-state index in [1.165, 1.54) is 16.4 Å². The Kier molecular flexibility index (Phi) is 7.32. The molecule has 2 N–H and O–H groups in total. The van der Waals surface area contributed by atoms with Crippen molar-refractivity contribution in [1.29, 1.82) is 0 Å². The van der Waals surface area contributed by atoms with Gasteiger partial charge in [-0.2, -0.15) is 4.31 Å². The number of halogens is 1. The van der Waals surface area contributed by atoms with Crippen molar-refractivity contribution in [1.82, 2.24) is 9.21 Å². The minimum absolute atomic E-state index is 0. The fraction of sp³-hybridized carbons (Fsp3) is 0.588. The summed E-state index contributed by atoms with van der Waals surface area (Å²) in [6.45, 7) is 4.47. The van der Waals surface area contributed by atoms with Gasteiger partial charge in [0, 0.05) is 44.7 Å². The molecule has 1 aromatic carbocycles. The van der Waals surface area contributed by atoms with Crippen LogP contribution in [0.5, 0.6) is 11.5 Å². The lowest BCUT2D eigenvalue weighted by atomic mass is 10.1. The average Bonchev–Trinajstić information content (AvgIpc) is 2.93. The monoisotopic (exact) mass is 419 g/mol. The lowest BCUT2D eigenvalue weighted by Crippen LogP contribution is -2.41. The summed E-state index contributed by atoms with van der Waals surface area (Å²) >= 11 is 0. The van der Waals surface area contributed by atoms with Crippen molar-refractivity contribution in [2.75, 3.05) is 45.9 Å². The Morgan fingerprint density at radius 2 is 1.85 bits per heavy atom. The molecule has 152 valence electrons. The normalized spacial score (nSPS) is 19.0. The highest BCUT2D eigenvalue weighted by molar-refractivity contribution is 7.89. The molecule has 2 aliphatic heterocycles. The zero-order valence-electron chi connectivity index (χ0n) is 15.3. The highest BCUT2D eigenvalue weighted by Gasteiger charge is 2.30. The first kappa shape index (κ1) is 21.7. The van der Waals surface area contributed by atoms with Gasteiger partial charge in [-0.05, 0) is 18.6 Å². The zero-order chi connectivity index (χ0) is 18.7. The third-order valence-electron chi connectivity index (χ3n) is 4.69. The summed E-state index contributed by atoms with van der Waals surface area (Å²) in [5.74, 6) is 0.723. The lowest BCUT2D eigenvalue weighted by Gasteiger charge is -2.24. The van der Waals surface area contributed by atoms with Crippen molar-refractivity contribution >= 4 is 28.3 Å². The first-order valence-corrected chi connectivity index (χ1v) is 10.3. The van der Waals surface area contributed by atoms with Crippen LogP contribution in [0.1, 0.15) is 13.3 Å². The number of benzene rings is 1. The van der Waals surface area contributed by atoms with Crippen molar-refractivity contribution in [3.63, 3.8) is 0 Å². The third kappa shape index (κ3) is 4.66. The Balaban J connectivity index is 0.00000261. The number of nitrogens with zero attached hydrogens (tertiary/aromatic N) is 2. The first-order chi connectivity index (χ1) is 12.4. The number of sulfonamides is 1. The smallest absolute Gasteiger partial charge is 0.243 e. The van der Waals surface area contributed by atoms with Crippen molar-refractivity contribution in [3.05, 3.63) is 18.2 Å². The van der Waals surface area contributed by atoms with Crippen LogP contribution in [-0.4, -0.2) is 69.5 Å². The average molecular weight is 420 g/mol. The molecule has 1 fully saturated rings. The molecule has 27 heavy (non-hydrogen) atoms. The van der Waals surface area contributed by atoms with Gasteiger partial charge in [0.1, 0.15) is 13.2 Å². The Morgan fingerprint density at radius 1 is 1.15 bits per heavy atom. The van der Waals surface area contributed by atoms with E-state index < -0.39 is 10.0 Å². The minimum Gasteiger partial charge on any atom is -0.486 e. The number of hydrogen-bond donors (Lipinski definition) is 1. The standard InChI is InChI=1S/C17H25N3O5S.ClH/c1-13(12-18)17(21)19-5-2-6-20(8-7-19)26(22,23)14-3-4-15-16(11-14)25-10-9-24-15;/h3-4,11,13H,2,5-10,12,18H2,1H3;1H. The lowest BCUT2D eigenvalue weighted by molar-refractivity contribution is -0.134. The van der Waals surface area contributed by atoms with Gasteiger partial charge in [-0.25, -0.2) is 8.42 Å². The largest absolute Gasteiger partial charge is 0.486 e. The Hall–Kier alpha value is -1.55. The van der Waals surface area contributed by atoms with Crippen LogP contribution in [0.2, 0.25) is 0 Å². The van der Waals surface area contributed by atoms with E-state index in [4.69, 9.17) is 15.2 Å². The first-order valence-electron chi connectivity index (χ1n) is 8.82. The number of hydrogen-bond acceptors (Lipinski definition) is 6. The number of fused-ring (bicyclic) bond motifs is 1. The van der Waals surface area contributed by atoms with Gasteiger partial charge in [-0.15, -0.1) is 12.4 Å². The van der Waals surface area contributed by atoms with Gasteiger partial charge in [0.15, 0.2) is 11.5 Å². The number of ether oxygens (including phenoxy) is 2. The predicted molar refractivity (Wildman–Crippen MR) is 103 cm³/mol. The summed E-state index contributed by atoms with van der Waals surface area (Å²) in [5.41, 5.74) is 5.57. The molecule has 1 unspecified atom stereocenters. The maximum absolute atomic E-state index is 13.0. The van der Waals surface area contributed by atoms with Gasteiger partial charge < -0.3 is 20.1 Å². The number of carbonyl (C=O) groups is 1. The molecular weight excluding hydrogens is 394 g/mol. The van der Waals surface area contributed by atoms with Gasteiger partial charge >= 0.3 is 0 Å². The minimum atomic E-state index is -3.66. The van der Waals surface area contributed by atoms with Crippen LogP contribution in [0.3, 0.4) is 0 Å². The van der Waals surface area contributed by atoms with E-state index in [0.717, 1.165) is 0 Å². The fourth-order valence-electron chi connectivity index (χ4n) is 3.10.